The van der Waals surface area contributed by atoms with Gasteiger partial charge in [0, 0.05) is 6.54 Å². The van der Waals surface area contributed by atoms with Crippen LogP contribution >= 0.6 is 11.5 Å². The topological polar surface area (TPSA) is 60.6 Å². The van der Waals surface area contributed by atoms with Crippen molar-refractivity contribution < 1.29 is 9.47 Å². The first-order chi connectivity index (χ1) is 8.13. The van der Waals surface area contributed by atoms with Gasteiger partial charge < -0.3 is 20.1 Å². The van der Waals surface area contributed by atoms with Crippen LogP contribution in [-0.2, 0) is 4.74 Å². The van der Waals surface area contributed by atoms with E-state index in [1.165, 1.54) is 11.5 Å². The van der Waals surface area contributed by atoms with E-state index in [4.69, 9.17) is 15.2 Å². The third-order valence-corrected chi connectivity index (χ3v) is 3.70. The standard InChI is InChI=1S/C11H19N3O2S/c1-4-15-9-10(12)13-17-11(9)14-5-8(3)16-6-7(14)2/h7-8H,4-6H2,1-3H3,(H2,12,13). The number of rotatable bonds is 3. The zero-order valence-electron chi connectivity index (χ0n) is 10.5. The number of hydrogen-bond acceptors (Lipinski definition) is 6. The van der Waals surface area contributed by atoms with Gasteiger partial charge in [-0.15, -0.1) is 0 Å². The summed E-state index contributed by atoms with van der Waals surface area (Å²) in [7, 11) is 0. The molecule has 2 heterocycles. The van der Waals surface area contributed by atoms with E-state index in [9.17, 15) is 0 Å². The predicted octanol–water partition coefficient (Wildman–Crippen LogP) is 1.74. The van der Waals surface area contributed by atoms with Crippen molar-refractivity contribution in [2.24, 2.45) is 0 Å². The fourth-order valence-electron chi connectivity index (χ4n) is 1.93. The normalized spacial score (nSPS) is 25.0. The summed E-state index contributed by atoms with van der Waals surface area (Å²) >= 11 is 1.40. The van der Waals surface area contributed by atoms with Crippen LogP contribution in [0.25, 0.3) is 0 Å². The van der Waals surface area contributed by atoms with Crippen molar-refractivity contribution in [2.75, 3.05) is 30.4 Å². The first-order valence-corrected chi connectivity index (χ1v) is 6.67. The molecule has 2 rings (SSSR count). The Bertz CT molecular complexity index is 383. The molecule has 0 saturated carbocycles. The van der Waals surface area contributed by atoms with Crippen LogP contribution in [0.2, 0.25) is 0 Å². The van der Waals surface area contributed by atoms with Crippen LogP contribution in [0.15, 0.2) is 0 Å². The molecule has 0 bridgehead atoms. The predicted molar refractivity (Wildman–Crippen MR) is 69.9 cm³/mol. The maximum Gasteiger partial charge on any atom is 0.197 e. The average molecular weight is 257 g/mol. The van der Waals surface area contributed by atoms with Gasteiger partial charge in [0.25, 0.3) is 0 Å². The summed E-state index contributed by atoms with van der Waals surface area (Å²) in [6, 6.07) is 0.324. The Balaban J connectivity index is 2.25. The van der Waals surface area contributed by atoms with Crippen molar-refractivity contribution in [3.05, 3.63) is 0 Å². The Kier molecular flexibility index (Phi) is 3.73. The molecule has 0 radical (unpaired) electrons. The molecule has 1 aromatic rings. The third-order valence-electron chi connectivity index (χ3n) is 2.81. The Morgan fingerprint density at radius 1 is 1.59 bits per heavy atom. The Morgan fingerprint density at radius 2 is 2.35 bits per heavy atom. The molecule has 1 aromatic heterocycles. The number of nitrogens with two attached hydrogens (primary N) is 1. The van der Waals surface area contributed by atoms with Crippen LogP contribution < -0.4 is 15.4 Å². The van der Waals surface area contributed by atoms with Crippen LogP contribution in [0.5, 0.6) is 5.75 Å². The lowest BCUT2D eigenvalue weighted by molar-refractivity contribution is 0.0345. The minimum Gasteiger partial charge on any atom is -0.487 e. The third kappa shape index (κ3) is 2.47. The van der Waals surface area contributed by atoms with Gasteiger partial charge in [0.15, 0.2) is 16.6 Å². The molecule has 5 nitrogen and oxygen atoms in total. The van der Waals surface area contributed by atoms with Crippen molar-refractivity contribution in [3.8, 4) is 5.75 Å². The number of ether oxygens (including phenoxy) is 2. The fourth-order valence-corrected chi connectivity index (χ4v) is 2.81. The number of anilines is 2. The first-order valence-electron chi connectivity index (χ1n) is 5.89. The fraction of sp³-hybridized carbons (Fsp3) is 0.727. The summed E-state index contributed by atoms with van der Waals surface area (Å²) in [5, 5.41) is 1.02. The van der Waals surface area contributed by atoms with Crippen molar-refractivity contribution in [3.63, 3.8) is 0 Å². The number of hydrogen-bond donors (Lipinski definition) is 1. The SMILES string of the molecule is CCOc1c(N)nsc1N1CC(C)OCC1C. The summed E-state index contributed by atoms with van der Waals surface area (Å²) in [5.41, 5.74) is 5.83. The Hall–Kier alpha value is -1.01. The molecule has 0 aliphatic carbocycles. The molecule has 0 amide bonds. The smallest absolute Gasteiger partial charge is 0.197 e. The molecule has 2 unspecified atom stereocenters. The van der Waals surface area contributed by atoms with Gasteiger partial charge in [-0.05, 0) is 32.3 Å². The number of nitrogens with zero attached hydrogens (tertiary/aromatic N) is 2. The largest absolute Gasteiger partial charge is 0.487 e. The first kappa shape index (κ1) is 12.4. The molecule has 1 aliphatic rings. The van der Waals surface area contributed by atoms with Crippen molar-refractivity contribution in [1.82, 2.24) is 4.37 Å². The lowest BCUT2D eigenvalue weighted by Crippen LogP contribution is -2.47. The average Bonchev–Trinajstić information content (AvgIpc) is 2.65. The summed E-state index contributed by atoms with van der Waals surface area (Å²) in [4.78, 5) is 2.27. The van der Waals surface area contributed by atoms with E-state index in [2.05, 4.69) is 23.1 Å². The van der Waals surface area contributed by atoms with Crippen LogP contribution in [0.3, 0.4) is 0 Å². The minimum absolute atomic E-state index is 0.226. The van der Waals surface area contributed by atoms with Gasteiger partial charge in [0.1, 0.15) is 0 Å². The molecule has 2 atom stereocenters. The van der Waals surface area contributed by atoms with Crippen LogP contribution in [0.4, 0.5) is 10.8 Å². The van der Waals surface area contributed by atoms with Crippen molar-refractivity contribution >= 4 is 22.4 Å². The summed E-state index contributed by atoms with van der Waals surface area (Å²) in [6.07, 6.45) is 0.226. The van der Waals surface area contributed by atoms with Gasteiger partial charge in [-0.3, -0.25) is 0 Å². The van der Waals surface area contributed by atoms with Gasteiger partial charge in [0.2, 0.25) is 0 Å². The molecule has 1 saturated heterocycles. The minimum atomic E-state index is 0.226. The maximum atomic E-state index is 5.83. The molecule has 1 fully saturated rings. The van der Waals surface area contributed by atoms with E-state index in [1.807, 2.05) is 6.92 Å². The zero-order valence-corrected chi connectivity index (χ0v) is 11.3. The van der Waals surface area contributed by atoms with Gasteiger partial charge in [-0.2, -0.15) is 4.37 Å². The molecule has 0 spiro atoms. The highest BCUT2D eigenvalue weighted by Crippen LogP contribution is 2.40. The van der Waals surface area contributed by atoms with Gasteiger partial charge in [-0.25, -0.2) is 0 Å². The summed E-state index contributed by atoms with van der Waals surface area (Å²) in [5.74, 6) is 1.21. The van der Waals surface area contributed by atoms with Crippen molar-refractivity contribution in [1.29, 1.82) is 0 Å². The highest BCUT2D eigenvalue weighted by atomic mass is 32.1. The lowest BCUT2D eigenvalue weighted by Gasteiger charge is -2.37. The molecule has 6 heteroatoms. The second-order valence-corrected chi connectivity index (χ2v) is 5.03. The second-order valence-electron chi connectivity index (χ2n) is 4.28. The van der Waals surface area contributed by atoms with E-state index in [0.717, 1.165) is 23.9 Å². The monoisotopic (exact) mass is 257 g/mol. The van der Waals surface area contributed by atoms with E-state index >= 15 is 0 Å². The molecule has 96 valence electrons. The van der Waals surface area contributed by atoms with E-state index in [-0.39, 0.29) is 6.10 Å². The zero-order chi connectivity index (χ0) is 12.4. The van der Waals surface area contributed by atoms with Crippen LogP contribution in [-0.4, -0.2) is 36.3 Å². The summed E-state index contributed by atoms with van der Waals surface area (Å²) in [6.45, 7) is 8.34. The van der Waals surface area contributed by atoms with Crippen molar-refractivity contribution in [2.45, 2.75) is 32.9 Å². The van der Waals surface area contributed by atoms with Gasteiger partial charge >= 0.3 is 0 Å². The Morgan fingerprint density at radius 3 is 3.06 bits per heavy atom. The van der Waals surface area contributed by atoms with E-state index < -0.39 is 0 Å². The lowest BCUT2D eigenvalue weighted by atomic mass is 10.2. The quantitative estimate of drug-likeness (QED) is 0.893. The van der Waals surface area contributed by atoms with Gasteiger partial charge in [0.05, 0.1) is 25.4 Å². The Labute approximate surface area is 106 Å². The van der Waals surface area contributed by atoms with Crippen LogP contribution in [0, 0.1) is 0 Å². The molecule has 1 aliphatic heterocycles. The maximum absolute atomic E-state index is 5.83. The van der Waals surface area contributed by atoms with Gasteiger partial charge in [-0.1, -0.05) is 0 Å². The number of morpholine rings is 1. The van der Waals surface area contributed by atoms with E-state index in [0.29, 0.717) is 18.5 Å². The number of aromatic nitrogens is 1. The number of nitrogen functional groups attached to an aromatic ring is 1. The molecule has 0 aromatic carbocycles. The molecule has 2 N–H and O–H groups in total. The molecule has 17 heavy (non-hydrogen) atoms. The van der Waals surface area contributed by atoms with Crippen LogP contribution in [0.1, 0.15) is 20.8 Å². The molecular weight excluding hydrogens is 238 g/mol. The molecular formula is C11H19N3O2S. The summed E-state index contributed by atoms with van der Waals surface area (Å²) < 4.78 is 15.4. The highest BCUT2D eigenvalue weighted by Gasteiger charge is 2.28. The highest BCUT2D eigenvalue weighted by molar-refractivity contribution is 7.11. The second kappa shape index (κ2) is 5.10. The van der Waals surface area contributed by atoms with E-state index in [1.54, 1.807) is 0 Å².